The molecule has 1 aromatic rings. The van der Waals surface area contributed by atoms with E-state index in [4.69, 9.17) is 4.42 Å². The average Bonchev–Trinajstić information content (AvgIpc) is 2.88. The van der Waals surface area contributed by atoms with Crippen molar-refractivity contribution in [2.45, 2.75) is 57.9 Å². The van der Waals surface area contributed by atoms with Crippen molar-refractivity contribution in [3.8, 4) is 0 Å². The highest BCUT2D eigenvalue weighted by atomic mass is 16.4. The molecule has 0 bridgehead atoms. The molecular weight excluding hydrogens is 202 g/mol. The van der Waals surface area contributed by atoms with Crippen LogP contribution in [-0.4, -0.2) is 16.7 Å². The van der Waals surface area contributed by atoms with Crippen molar-refractivity contribution in [1.29, 1.82) is 0 Å². The van der Waals surface area contributed by atoms with Crippen molar-refractivity contribution >= 4 is 0 Å². The molecule has 4 heteroatoms. The van der Waals surface area contributed by atoms with Gasteiger partial charge in [-0.25, -0.2) is 0 Å². The summed E-state index contributed by atoms with van der Waals surface area (Å²) in [6.07, 6.45) is 6.04. The third kappa shape index (κ3) is 2.43. The van der Waals surface area contributed by atoms with Gasteiger partial charge in [0.1, 0.15) is 0 Å². The topological polar surface area (TPSA) is 51.0 Å². The standard InChI is InChI=1S/C12H21N3O/c1-3-8-13-9-10-14-15-11(16-10)12(2)6-4-5-7-12/h13H,3-9H2,1-2H3. The lowest BCUT2D eigenvalue weighted by atomic mass is 9.89. The number of hydrogen-bond donors (Lipinski definition) is 1. The van der Waals surface area contributed by atoms with Crippen LogP contribution in [0.25, 0.3) is 0 Å². The van der Waals surface area contributed by atoms with E-state index < -0.39 is 0 Å². The molecule has 2 rings (SSSR count). The Balaban J connectivity index is 1.96. The largest absolute Gasteiger partial charge is 0.423 e. The summed E-state index contributed by atoms with van der Waals surface area (Å²) in [5.41, 5.74) is 0.135. The molecule has 1 aliphatic carbocycles. The summed E-state index contributed by atoms with van der Waals surface area (Å²) < 4.78 is 5.73. The van der Waals surface area contributed by atoms with Crippen LogP contribution in [0.3, 0.4) is 0 Å². The summed E-state index contributed by atoms with van der Waals surface area (Å²) in [6.45, 7) is 6.06. The second-order valence-electron chi connectivity index (χ2n) is 4.95. The molecular formula is C12H21N3O. The van der Waals surface area contributed by atoms with E-state index in [1.807, 2.05) is 0 Å². The van der Waals surface area contributed by atoms with Crippen LogP contribution in [0.1, 0.15) is 57.7 Å². The molecule has 0 aromatic carbocycles. The van der Waals surface area contributed by atoms with E-state index in [0.717, 1.165) is 24.7 Å². The van der Waals surface area contributed by atoms with E-state index in [0.29, 0.717) is 6.54 Å². The minimum atomic E-state index is 0.135. The summed E-state index contributed by atoms with van der Waals surface area (Å²) in [5.74, 6) is 1.55. The minimum absolute atomic E-state index is 0.135. The van der Waals surface area contributed by atoms with Crippen molar-refractivity contribution in [2.24, 2.45) is 0 Å². The average molecular weight is 223 g/mol. The van der Waals surface area contributed by atoms with Gasteiger partial charge < -0.3 is 9.73 Å². The smallest absolute Gasteiger partial charge is 0.230 e. The third-order valence-electron chi connectivity index (χ3n) is 3.39. The molecule has 1 N–H and O–H groups in total. The summed E-state index contributed by atoms with van der Waals surface area (Å²) in [5, 5.41) is 11.6. The third-order valence-corrected chi connectivity index (χ3v) is 3.39. The number of aromatic nitrogens is 2. The molecule has 4 nitrogen and oxygen atoms in total. The van der Waals surface area contributed by atoms with Gasteiger partial charge in [0.25, 0.3) is 0 Å². The molecule has 0 radical (unpaired) electrons. The van der Waals surface area contributed by atoms with Gasteiger partial charge >= 0.3 is 0 Å². The zero-order valence-corrected chi connectivity index (χ0v) is 10.3. The van der Waals surface area contributed by atoms with Crippen molar-refractivity contribution in [2.75, 3.05) is 6.54 Å². The van der Waals surface area contributed by atoms with Crippen molar-refractivity contribution < 1.29 is 4.42 Å². The first-order valence-corrected chi connectivity index (χ1v) is 6.28. The quantitative estimate of drug-likeness (QED) is 0.779. The normalized spacial score (nSPS) is 19.1. The van der Waals surface area contributed by atoms with E-state index in [2.05, 4.69) is 29.4 Å². The molecule has 0 aliphatic heterocycles. The van der Waals surface area contributed by atoms with Gasteiger partial charge in [-0.2, -0.15) is 0 Å². The van der Waals surface area contributed by atoms with Gasteiger partial charge in [0.2, 0.25) is 11.8 Å². The van der Waals surface area contributed by atoms with Gasteiger partial charge in [0.05, 0.1) is 6.54 Å². The second-order valence-corrected chi connectivity index (χ2v) is 4.95. The van der Waals surface area contributed by atoms with Crippen LogP contribution in [0.5, 0.6) is 0 Å². The lowest BCUT2D eigenvalue weighted by Crippen LogP contribution is -2.17. The van der Waals surface area contributed by atoms with E-state index in [-0.39, 0.29) is 5.41 Å². The SMILES string of the molecule is CCCNCc1nnc(C2(C)CCCC2)o1. The number of rotatable bonds is 5. The van der Waals surface area contributed by atoms with Crippen LogP contribution in [0.2, 0.25) is 0 Å². The van der Waals surface area contributed by atoms with Crippen molar-refractivity contribution in [3.63, 3.8) is 0 Å². The zero-order chi connectivity index (χ0) is 11.4. The Kier molecular flexibility index (Phi) is 3.59. The van der Waals surface area contributed by atoms with Crippen LogP contribution in [0.4, 0.5) is 0 Å². The van der Waals surface area contributed by atoms with Crippen LogP contribution >= 0.6 is 0 Å². The Hall–Kier alpha value is -0.900. The highest BCUT2D eigenvalue weighted by Gasteiger charge is 2.35. The lowest BCUT2D eigenvalue weighted by molar-refractivity contribution is 0.332. The van der Waals surface area contributed by atoms with Gasteiger partial charge in [-0.15, -0.1) is 10.2 Å². The Bertz CT molecular complexity index is 329. The zero-order valence-electron chi connectivity index (χ0n) is 10.3. The van der Waals surface area contributed by atoms with Crippen molar-refractivity contribution in [1.82, 2.24) is 15.5 Å². The Morgan fingerprint density at radius 1 is 1.31 bits per heavy atom. The first-order valence-electron chi connectivity index (χ1n) is 6.28. The van der Waals surface area contributed by atoms with Gasteiger partial charge in [-0.05, 0) is 25.8 Å². The highest BCUT2D eigenvalue weighted by Crippen LogP contribution is 2.39. The Morgan fingerprint density at radius 2 is 2.06 bits per heavy atom. The molecule has 16 heavy (non-hydrogen) atoms. The first-order chi connectivity index (χ1) is 7.74. The molecule has 1 heterocycles. The fourth-order valence-corrected chi connectivity index (χ4v) is 2.31. The molecule has 0 unspecified atom stereocenters. The molecule has 1 aliphatic rings. The van der Waals surface area contributed by atoms with Gasteiger partial charge in [0, 0.05) is 5.41 Å². The molecule has 0 atom stereocenters. The summed E-state index contributed by atoms with van der Waals surface area (Å²) in [7, 11) is 0. The summed E-state index contributed by atoms with van der Waals surface area (Å²) >= 11 is 0. The van der Waals surface area contributed by atoms with E-state index in [9.17, 15) is 0 Å². The molecule has 0 saturated heterocycles. The van der Waals surface area contributed by atoms with Gasteiger partial charge in [0.15, 0.2) is 0 Å². The Labute approximate surface area is 96.8 Å². The van der Waals surface area contributed by atoms with Crippen LogP contribution in [0, 0.1) is 0 Å². The summed E-state index contributed by atoms with van der Waals surface area (Å²) in [4.78, 5) is 0. The second kappa shape index (κ2) is 4.95. The number of hydrogen-bond acceptors (Lipinski definition) is 4. The predicted octanol–water partition coefficient (Wildman–Crippen LogP) is 2.40. The predicted molar refractivity (Wildman–Crippen MR) is 62.1 cm³/mol. The van der Waals surface area contributed by atoms with Gasteiger partial charge in [-0.3, -0.25) is 0 Å². The first kappa shape index (κ1) is 11.6. The maximum atomic E-state index is 5.73. The van der Waals surface area contributed by atoms with Gasteiger partial charge in [-0.1, -0.05) is 26.7 Å². The van der Waals surface area contributed by atoms with E-state index in [1.165, 1.54) is 25.7 Å². The summed E-state index contributed by atoms with van der Waals surface area (Å²) in [6, 6.07) is 0. The lowest BCUT2D eigenvalue weighted by Gasteiger charge is -2.17. The van der Waals surface area contributed by atoms with E-state index in [1.54, 1.807) is 0 Å². The fourth-order valence-electron chi connectivity index (χ4n) is 2.31. The Morgan fingerprint density at radius 3 is 2.75 bits per heavy atom. The van der Waals surface area contributed by atoms with Crippen LogP contribution < -0.4 is 5.32 Å². The van der Waals surface area contributed by atoms with Crippen LogP contribution in [-0.2, 0) is 12.0 Å². The number of nitrogens with zero attached hydrogens (tertiary/aromatic N) is 2. The maximum absolute atomic E-state index is 5.73. The highest BCUT2D eigenvalue weighted by molar-refractivity contribution is 5.04. The molecule has 90 valence electrons. The molecule has 1 saturated carbocycles. The van der Waals surface area contributed by atoms with Crippen LogP contribution in [0.15, 0.2) is 4.42 Å². The molecule has 0 amide bonds. The maximum Gasteiger partial charge on any atom is 0.230 e. The molecule has 0 spiro atoms. The van der Waals surface area contributed by atoms with E-state index >= 15 is 0 Å². The van der Waals surface area contributed by atoms with Crippen molar-refractivity contribution in [3.05, 3.63) is 11.8 Å². The molecule has 1 aromatic heterocycles. The monoisotopic (exact) mass is 223 g/mol. The molecule has 1 fully saturated rings. The minimum Gasteiger partial charge on any atom is -0.423 e. The number of nitrogens with one attached hydrogen (secondary N) is 1. The fraction of sp³-hybridized carbons (Fsp3) is 0.833.